The third-order valence-corrected chi connectivity index (χ3v) is 5.08. The molecule has 2 aromatic heterocycles. The SMILES string of the molecule is C[C@@H]1C/C(=C/c2ccco2)c2nc3ccccc3c(C(=O)OCC(=O)NC(N)=O)c2C1. The van der Waals surface area contributed by atoms with Crippen molar-refractivity contribution < 1.29 is 23.5 Å². The molecule has 8 nitrogen and oxygen atoms in total. The van der Waals surface area contributed by atoms with Crippen molar-refractivity contribution in [3.63, 3.8) is 0 Å². The molecule has 0 unspecified atom stereocenters. The van der Waals surface area contributed by atoms with E-state index < -0.39 is 24.5 Å². The average molecular weight is 419 g/mol. The lowest BCUT2D eigenvalue weighted by Gasteiger charge is -2.26. The second-order valence-electron chi connectivity index (χ2n) is 7.52. The van der Waals surface area contributed by atoms with E-state index in [0.29, 0.717) is 28.6 Å². The van der Waals surface area contributed by atoms with Crippen molar-refractivity contribution >= 4 is 40.5 Å². The molecule has 1 atom stereocenters. The number of esters is 1. The Labute approximate surface area is 178 Å². The van der Waals surface area contributed by atoms with Crippen molar-refractivity contribution in [1.82, 2.24) is 10.3 Å². The number of nitrogens with one attached hydrogen (secondary N) is 1. The Morgan fingerprint density at radius 3 is 2.77 bits per heavy atom. The molecule has 3 N–H and O–H groups in total. The number of nitrogens with two attached hydrogens (primary N) is 1. The van der Waals surface area contributed by atoms with Gasteiger partial charge in [-0.25, -0.2) is 14.6 Å². The smallest absolute Gasteiger partial charge is 0.339 e. The Hall–Kier alpha value is -3.94. The normalized spacial score (nSPS) is 16.7. The summed E-state index contributed by atoms with van der Waals surface area (Å²) < 4.78 is 10.7. The molecule has 3 aromatic rings. The quantitative estimate of drug-likeness (QED) is 0.625. The van der Waals surface area contributed by atoms with Crippen molar-refractivity contribution in [1.29, 1.82) is 0 Å². The zero-order valence-corrected chi connectivity index (χ0v) is 16.9. The predicted octanol–water partition coefficient (Wildman–Crippen LogP) is 3.30. The molecule has 31 heavy (non-hydrogen) atoms. The van der Waals surface area contributed by atoms with Gasteiger partial charge < -0.3 is 14.9 Å². The van der Waals surface area contributed by atoms with Gasteiger partial charge in [0.25, 0.3) is 5.91 Å². The number of urea groups is 1. The maximum absolute atomic E-state index is 13.1. The van der Waals surface area contributed by atoms with Crippen LogP contribution in [0.1, 0.15) is 40.7 Å². The fourth-order valence-corrected chi connectivity index (χ4v) is 3.89. The number of fused-ring (bicyclic) bond motifs is 2. The Kier molecular flexibility index (Phi) is 5.53. The van der Waals surface area contributed by atoms with Crippen molar-refractivity contribution in [2.75, 3.05) is 6.61 Å². The van der Waals surface area contributed by atoms with Gasteiger partial charge in [-0.2, -0.15) is 0 Å². The highest BCUT2D eigenvalue weighted by Gasteiger charge is 2.29. The van der Waals surface area contributed by atoms with Crippen molar-refractivity contribution in [2.24, 2.45) is 11.7 Å². The number of hydrogen-bond acceptors (Lipinski definition) is 6. The second kappa shape index (κ2) is 8.43. The number of imide groups is 1. The molecule has 3 amide bonds. The third kappa shape index (κ3) is 4.32. The third-order valence-electron chi connectivity index (χ3n) is 5.08. The highest BCUT2D eigenvalue weighted by atomic mass is 16.5. The van der Waals surface area contributed by atoms with Gasteiger partial charge in [-0.1, -0.05) is 25.1 Å². The fourth-order valence-electron chi connectivity index (χ4n) is 3.89. The van der Waals surface area contributed by atoms with E-state index in [1.54, 1.807) is 12.3 Å². The van der Waals surface area contributed by atoms with E-state index in [-0.39, 0.29) is 5.92 Å². The monoisotopic (exact) mass is 419 g/mol. The molecule has 0 radical (unpaired) electrons. The Bertz CT molecular complexity index is 1200. The number of primary amides is 1. The number of aromatic nitrogens is 1. The van der Waals surface area contributed by atoms with Crippen LogP contribution < -0.4 is 11.1 Å². The molecular formula is C23H21N3O5. The summed E-state index contributed by atoms with van der Waals surface area (Å²) >= 11 is 0. The van der Waals surface area contributed by atoms with Crippen LogP contribution in [0.2, 0.25) is 0 Å². The Balaban J connectivity index is 1.80. The molecule has 0 aliphatic heterocycles. The Morgan fingerprint density at radius 2 is 2.03 bits per heavy atom. The van der Waals surface area contributed by atoms with Gasteiger partial charge in [0.05, 0.1) is 23.0 Å². The number of nitrogens with zero attached hydrogens (tertiary/aromatic N) is 1. The molecule has 2 heterocycles. The molecule has 0 saturated carbocycles. The lowest BCUT2D eigenvalue weighted by Crippen LogP contribution is -2.37. The van der Waals surface area contributed by atoms with Crippen LogP contribution in [0.3, 0.4) is 0 Å². The van der Waals surface area contributed by atoms with Crippen molar-refractivity contribution in [3.8, 4) is 0 Å². The van der Waals surface area contributed by atoms with Crippen LogP contribution >= 0.6 is 0 Å². The molecule has 1 aliphatic rings. The number of hydrogen-bond donors (Lipinski definition) is 2. The molecule has 0 bridgehead atoms. The number of furan rings is 1. The summed E-state index contributed by atoms with van der Waals surface area (Å²) in [5, 5.41) is 2.53. The summed E-state index contributed by atoms with van der Waals surface area (Å²) in [6, 6.07) is 9.96. The van der Waals surface area contributed by atoms with Crippen LogP contribution in [-0.4, -0.2) is 29.5 Å². The molecule has 4 rings (SSSR count). The molecule has 0 saturated heterocycles. The van der Waals surface area contributed by atoms with Crippen LogP contribution in [0.25, 0.3) is 22.6 Å². The second-order valence-corrected chi connectivity index (χ2v) is 7.52. The number of benzene rings is 1. The first kappa shape index (κ1) is 20.3. The van der Waals surface area contributed by atoms with E-state index in [1.807, 2.05) is 41.7 Å². The maximum Gasteiger partial charge on any atom is 0.339 e. The topological polar surface area (TPSA) is 125 Å². The number of rotatable bonds is 4. The van der Waals surface area contributed by atoms with Gasteiger partial charge in [0.15, 0.2) is 6.61 Å². The number of carbonyl (C=O) groups is 3. The standard InChI is InChI=1S/C23H21N3O5/c1-13-9-14(11-15-5-4-8-30-15)21-17(10-13)20(16-6-2-3-7-18(16)25-21)22(28)31-12-19(27)26-23(24)29/h2-8,11,13H,9-10,12H2,1H3,(H3,24,26,27,29)/b14-11-/t13-/m1/s1. The van der Waals surface area contributed by atoms with Gasteiger partial charge >= 0.3 is 12.0 Å². The Morgan fingerprint density at radius 1 is 1.23 bits per heavy atom. The van der Waals surface area contributed by atoms with Gasteiger partial charge in [-0.05, 0) is 54.2 Å². The molecular weight excluding hydrogens is 398 g/mol. The average Bonchev–Trinajstić information content (AvgIpc) is 3.23. The highest BCUT2D eigenvalue weighted by molar-refractivity contribution is 6.07. The summed E-state index contributed by atoms with van der Waals surface area (Å²) in [4.78, 5) is 40.4. The van der Waals surface area contributed by atoms with Gasteiger partial charge in [-0.15, -0.1) is 0 Å². The fraction of sp³-hybridized carbons (Fsp3) is 0.217. The summed E-state index contributed by atoms with van der Waals surface area (Å²) in [5.41, 5.74) is 8.42. The van der Waals surface area contributed by atoms with E-state index in [4.69, 9.17) is 19.9 Å². The van der Waals surface area contributed by atoms with Crippen LogP contribution in [0.4, 0.5) is 4.79 Å². The molecule has 1 aliphatic carbocycles. The first-order valence-corrected chi connectivity index (χ1v) is 9.85. The van der Waals surface area contributed by atoms with E-state index >= 15 is 0 Å². The minimum atomic E-state index is -1.01. The van der Waals surface area contributed by atoms with E-state index in [1.165, 1.54) is 0 Å². The number of carbonyl (C=O) groups excluding carboxylic acids is 3. The predicted molar refractivity (Wildman–Crippen MR) is 114 cm³/mol. The van der Waals surface area contributed by atoms with Crippen LogP contribution in [0.5, 0.6) is 0 Å². The van der Waals surface area contributed by atoms with Gasteiger partial charge in [0.2, 0.25) is 0 Å². The number of ether oxygens (including phenoxy) is 1. The van der Waals surface area contributed by atoms with Gasteiger partial charge in [-0.3, -0.25) is 10.1 Å². The summed E-state index contributed by atoms with van der Waals surface area (Å²) in [6.07, 6.45) is 4.97. The maximum atomic E-state index is 13.1. The first-order valence-electron chi connectivity index (χ1n) is 9.85. The zero-order valence-electron chi connectivity index (χ0n) is 16.9. The summed E-state index contributed by atoms with van der Waals surface area (Å²) in [5.74, 6) is -0.473. The highest BCUT2D eigenvalue weighted by Crippen LogP contribution is 2.38. The molecule has 0 fully saturated rings. The number of amides is 3. The van der Waals surface area contributed by atoms with E-state index in [0.717, 1.165) is 23.3 Å². The number of para-hydroxylation sites is 1. The van der Waals surface area contributed by atoms with Crippen LogP contribution in [0.15, 0.2) is 47.1 Å². The number of pyridine rings is 1. The first-order chi connectivity index (χ1) is 14.9. The minimum Gasteiger partial charge on any atom is -0.465 e. The molecule has 1 aromatic carbocycles. The lowest BCUT2D eigenvalue weighted by molar-refractivity contribution is -0.123. The molecule has 8 heteroatoms. The van der Waals surface area contributed by atoms with E-state index in [2.05, 4.69) is 6.92 Å². The number of allylic oxidation sites excluding steroid dienone is 1. The zero-order chi connectivity index (χ0) is 22.0. The van der Waals surface area contributed by atoms with Gasteiger partial charge in [0.1, 0.15) is 5.76 Å². The largest absolute Gasteiger partial charge is 0.465 e. The summed E-state index contributed by atoms with van der Waals surface area (Å²) in [7, 11) is 0. The summed E-state index contributed by atoms with van der Waals surface area (Å²) in [6.45, 7) is 1.49. The minimum absolute atomic E-state index is 0.265. The lowest BCUT2D eigenvalue weighted by atomic mass is 9.81. The molecule has 158 valence electrons. The van der Waals surface area contributed by atoms with Crippen molar-refractivity contribution in [3.05, 3.63) is 65.2 Å². The molecule has 0 spiro atoms. The van der Waals surface area contributed by atoms with Gasteiger partial charge in [0, 0.05) is 5.39 Å². The van der Waals surface area contributed by atoms with E-state index in [9.17, 15) is 14.4 Å². The van der Waals surface area contributed by atoms with Crippen LogP contribution in [-0.2, 0) is 16.0 Å². The van der Waals surface area contributed by atoms with Crippen molar-refractivity contribution in [2.45, 2.75) is 19.8 Å². The van der Waals surface area contributed by atoms with Crippen LogP contribution in [0, 0.1) is 5.92 Å².